The summed E-state index contributed by atoms with van der Waals surface area (Å²) in [6.07, 6.45) is 3.13. The van der Waals surface area contributed by atoms with Crippen LogP contribution in [0.1, 0.15) is 24.8 Å². The number of rotatable bonds is 6. The average Bonchev–Trinajstić information content (AvgIpc) is 2.71. The van der Waals surface area contributed by atoms with Crippen LogP contribution in [0.4, 0.5) is 18.9 Å². The molecule has 0 aromatic heterocycles. The highest BCUT2D eigenvalue weighted by molar-refractivity contribution is 7.80. The molecule has 4 nitrogen and oxygen atoms in total. The number of halogens is 4. The van der Waals surface area contributed by atoms with Crippen LogP contribution in [0.15, 0.2) is 30.4 Å². The molecule has 30 heavy (non-hydrogen) atoms. The Labute approximate surface area is 186 Å². The Kier molecular flexibility index (Phi) is 8.39. The molecule has 9 heteroatoms. The van der Waals surface area contributed by atoms with Gasteiger partial charge in [0.25, 0.3) is 0 Å². The fourth-order valence-electron chi connectivity index (χ4n) is 3.72. The summed E-state index contributed by atoms with van der Waals surface area (Å²) in [4.78, 5) is 4.47. The summed E-state index contributed by atoms with van der Waals surface area (Å²) in [5.74, 6) is 0.510. The van der Waals surface area contributed by atoms with E-state index < -0.39 is 11.7 Å². The first-order valence-electron chi connectivity index (χ1n) is 10.2. The summed E-state index contributed by atoms with van der Waals surface area (Å²) in [5, 5.41) is 3.25. The molecule has 0 spiro atoms. The Morgan fingerprint density at radius 3 is 2.67 bits per heavy atom. The van der Waals surface area contributed by atoms with Gasteiger partial charge in [0.15, 0.2) is 5.11 Å². The number of benzene rings is 1. The normalized spacial score (nSPS) is 20.2. The van der Waals surface area contributed by atoms with E-state index in [9.17, 15) is 13.2 Å². The van der Waals surface area contributed by atoms with Crippen LogP contribution >= 0.6 is 23.8 Å². The lowest BCUT2D eigenvalue weighted by atomic mass is 9.94. The predicted octanol–water partition coefficient (Wildman–Crippen LogP) is 5.05. The third-order valence-electron chi connectivity index (χ3n) is 5.46. The molecule has 0 amide bonds. The Morgan fingerprint density at radius 2 is 2.03 bits per heavy atom. The Morgan fingerprint density at radius 1 is 1.27 bits per heavy atom. The summed E-state index contributed by atoms with van der Waals surface area (Å²) in [6, 6.07) is 3.63. The molecule has 0 bridgehead atoms. The van der Waals surface area contributed by atoms with Gasteiger partial charge in [0.1, 0.15) is 0 Å². The molecule has 0 radical (unpaired) electrons. The molecule has 1 atom stereocenters. The van der Waals surface area contributed by atoms with Gasteiger partial charge in [-0.1, -0.05) is 23.8 Å². The minimum atomic E-state index is -4.48. The number of nitrogens with zero attached hydrogens (tertiary/aromatic N) is 2. The van der Waals surface area contributed by atoms with Crippen molar-refractivity contribution in [3.63, 3.8) is 0 Å². The smallest absolute Gasteiger partial charge is 0.379 e. The van der Waals surface area contributed by atoms with E-state index in [1.807, 2.05) is 0 Å². The van der Waals surface area contributed by atoms with Crippen molar-refractivity contribution in [3.8, 4) is 0 Å². The van der Waals surface area contributed by atoms with Crippen molar-refractivity contribution in [2.45, 2.75) is 25.4 Å². The minimum Gasteiger partial charge on any atom is -0.379 e. The van der Waals surface area contributed by atoms with E-state index in [0.29, 0.717) is 16.7 Å². The molecule has 1 aliphatic carbocycles. The van der Waals surface area contributed by atoms with Gasteiger partial charge in [-0.15, -0.1) is 0 Å². The molecule has 1 heterocycles. The standard InChI is InChI=1S/C21H27ClF3N3OS/c22-19-14-17(6-7-18(19)21(23,24)25)26-20(30)28(15-16-4-2-1-3-5-16)9-8-27-10-12-29-13-11-27/h1-2,6-7,14,16H,3-5,8-13,15H2,(H,26,30). The van der Waals surface area contributed by atoms with E-state index in [1.165, 1.54) is 12.1 Å². The molecule has 1 saturated heterocycles. The van der Waals surface area contributed by atoms with Crippen LogP contribution in [0, 0.1) is 5.92 Å². The fraction of sp³-hybridized carbons (Fsp3) is 0.571. The third-order valence-corrected chi connectivity index (χ3v) is 6.13. The second kappa shape index (κ2) is 10.8. The number of ether oxygens (including phenoxy) is 1. The lowest BCUT2D eigenvalue weighted by Crippen LogP contribution is -2.45. The second-order valence-electron chi connectivity index (χ2n) is 7.67. The minimum absolute atomic E-state index is 0.340. The van der Waals surface area contributed by atoms with Crippen LogP contribution in [0.2, 0.25) is 5.02 Å². The van der Waals surface area contributed by atoms with Crippen LogP contribution < -0.4 is 5.32 Å². The highest BCUT2D eigenvalue weighted by Gasteiger charge is 2.33. The number of morpholine rings is 1. The van der Waals surface area contributed by atoms with Crippen LogP contribution in [0.3, 0.4) is 0 Å². The summed E-state index contributed by atoms with van der Waals surface area (Å²) in [6.45, 7) is 5.69. The van der Waals surface area contributed by atoms with E-state index in [4.69, 9.17) is 28.6 Å². The van der Waals surface area contributed by atoms with Crippen LogP contribution in [-0.4, -0.2) is 60.8 Å². The van der Waals surface area contributed by atoms with Gasteiger partial charge in [-0.2, -0.15) is 13.2 Å². The molecule has 1 unspecified atom stereocenters. The van der Waals surface area contributed by atoms with E-state index in [2.05, 4.69) is 27.3 Å². The van der Waals surface area contributed by atoms with E-state index in [0.717, 1.165) is 71.3 Å². The van der Waals surface area contributed by atoms with Crippen molar-refractivity contribution in [2.24, 2.45) is 5.92 Å². The Balaban J connectivity index is 1.65. The van der Waals surface area contributed by atoms with Crippen molar-refractivity contribution in [3.05, 3.63) is 40.9 Å². The molecular formula is C21H27ClF3N3OS. The zero-order valence-corrected chi connectivity index (χ0v) is 18.3. The lowest BCUT2D eigenvalue weighted by molar-refractivity contribution is -0.137. The number of nitrogens with one attached hydrogen (secondary N) is 1. The zero-order valence-electron chi connectivity index (χ0n) is 16.8. The Bertz CT molecular complexity index is 754. The van der Waals surface area contributed by atoms with Gasteiger partial charge in [0.2, 0.25) is 0 Å². The molecular weight excluding hydrogens is 435 g/mol. The molecule has 2 aliphatic rings. The van der Waals surface area contributed by atoms with Gasteiger partial charge in [-0.05, 0) is 55.6 Å². The molecule has 1 aromatic rings. The molecule has 1 aliphatic heterocycles. The SMILES string of the molecule is FC(F)(F)c1ccc(NC(=S)N(CCN2CCOCC2)CC2CC=CCC2)cc1Cl. The summed E-state index contributed by atoms with van der Waals surface area (Å²) < 4.78 is 44.3. The van der Waals surface area contributed by atoms with E-state index in [1.54, 1.807) is 0 Å². The summed E-state index contributed by atoms with van der Waals surface area (Å²) in [5.41, 5.74) is -0.392. The quantitative estimate of drug-likeness (QED) is 0.473. The highest BCUT2D eigenvalue weighted by Crippen LogP contribution is 2.35. The number of thiocarbonyl (C=S) groups is 1. The molecule has 0 saturated carbocycles. The molecule has 3 rings (SSSR count). The van der Waals surface area contributed by atoms with Gasteiger partial charge in [-0.25, -0.2) is 0 Å². The maximum absolute atomic E-state index is 13.0. The number of hydrogen-bond donors (Lipinski definition) is 1. The third kappa shape index (κ3) is 6.83. The molecule has 1 fully saturated rings. The maximum atomic E-state index is 13.0. The monoisotopic (exact) mass is 461 g/mol. The van der Waals surface area contributed by atoms with Crippen molar-refractivity contribution < 1.29 is 17.9 Å². The zero-order chi connectivity index (χ0) is 21.6. The van der Waals surface area contributed by atoms with E-state index >= 15 is 0 Å². The first kappa shape index (κ1) is 23.3. The molecule has 1 N–H and O–H groups in total. The highest BCUT2D eigenvalue weighted by atomic mass is 35.5. The fourth-order valence-corrected chi connectivity index (χ4v) is 4.29. The van der Waals surface area contributed by atoms with Crippen molar-refractivity contribution in [2.75, 3.05) is 51.3 Å². The molecule has 1 aromatic carbocycles. The topological polar surface area (TPSA) is 27.7 Å². The first-order valence-corrected chi connectivity index (χ1v) is 11.0. The number of allylic oxidation sites excluding steroid dienone is 2. The van der Waals surface area contributed by atoms with Crippen molar-refractivity contribution in [1.82, 2.24) is 9.80 Å². The van der Waals surface area contributed by atoms with Gasteiger partial charge >= 0.3 is 6.18 Å². The summed E-state index contributed by atoms with van der Waals surface area (Å²) in [7, 11) is 0. The van der Waals surface area contributed by atoms with Gasteiger partial charge in [0.05, 0.1) is 23.8 Å². The van der Waals surface area contributed by atoms with Gasteiger partial charge < -0.3 is 15.0 Å². The Hall–Kier alpha value is -1.35. The number of anilines is 1. The first-order chi connectivity index (χ1) is 14.3. The predicted molar refractivity (Wildman–Crippen MR) is 118 cm³/mol. The van der Waals surface area contributed by atoms with Crippen LogP contribution in [-0.2, 0) is 10.9 Å². The van der Waals surface area contributed by atoms with Gasteiger partial charge in [0, 0.05) is 38.4 Å². The largest absolute Gasteiger partial charge is 0.417 e. The van der Waals surface area contributed by atoms with Crippen molar-refractivity contribution >= 4 is 34.6 Å². The maximum Gasteiger partial charge on any atom is 0.417 e. The summed E-state index contributed by atoms with van der Waals surface area (Å²) >= 11 is 11.5. The van der Waals surface area contributed by atoms with Crippen molar-refractivity contribution in [1.29, 1.82) is 0 Å². The second-order valence-corrected chi connectivity index (χ2v) is 8.47. The van der Waals surface area contributed by atoms with Crippen LogP contribution in [0.25, 0.3) is 0 Å². The van der Waals surface area contributed by atoms with Crippen LogP contribution in [0.5, 0.6) is 0 Å². The number of alkyl halides is 3. The van der Waals surface area contributed by atoms with E-state index in [-0.39, 0.29) is 5.02 Å². The molecule has 166 valence electrons. The number of hydrogen-bond acceptors (Lipinski definition) is 3. The van der Waals surface area contributed by atoms with Gasteiger partial charge in [-0.3, -0.25) is 4.90 Å². The average molecular weight is 462 g/mol. The lowest BCUT2D eigenvalue weighted by Gasteiger charge is -2.34.